The molecule has 1 unspecified atom stereocenters. The van der Waals surface area contributed by atoms with E-state index in [0.29, 0.717) is 11.3 Å². The molecule has 0 aliphatic rings. The van der Waals surface area contributed by atoms with Crippen LogP contribution in [0.15, 0.2) is 82.0 Å². The van der Waals surface area contributed by atoms with E-state index in [9.17, 15) is 13.6 Å². The summed E-state index contributed by atoms with van der Waals surface area (Å²) in [5.41, 5.74) is 1.60. The molecule has 4 aromatic rings. The van der Waals surface area contributed by atoms with Crippen LogP contribution in [0.25, 0.3) is 11.0 Å². The Kier molecular flexibility index (Phi) is 4.96. The molecular weight excluding hydrogens is 430 g/mol. The summed E-state index contributed by atoms with van der Waals surface area (Å²) in [6, 6.07) is 19.4. The molecule has 140 valence electrons. The minimum absolute atomic E-state index is 0.138. The van der Waals surface area contributed by atoms with Gasteiger partial charge in [0.2, 0.25) is 0 Å². The molecule has 0 bridgehead atoms. The predicted molar refractivity (Wildman–Crippen MR) is 106 cm³/mol. The Bertz CT molecular complexity index is 1210. The number of hydrogen-bond acceptors (Lipinski definition) is 3. The standard InChI is InChI=1S/C22H13BrF2O3/c23-22(13-4-2-1-3-5-13)17-12-21(26)28-20-11-15(6-8-16(17)20)27-14-7-9-18(24)19(25)10-14/h1-12,22H. The van der Waals surface area contributed by atoms with E-state index in [1.807, 2.05) is 30.3 Å². The van der Waals surface area contributed by atoms with Gasteiger partial charge in [-0.25, -0.2) is 13.6 Å². The number of alkyl halides is 1. The van der Waals surface area contributed by atoms with Crippen molar-refractivity contribution in [3.05, 3.63) is 106 Å². The van der Waals surface area contributed by atoms with Crippen molar-refractivity contribution in [2.24, 2.45) is 0 Å². The molecule has 1 heterocycles. The van der Waals surface area contributed by atoms with Crippen molar-refractivity contribution in [3.63, 3.8) is 0 Å². The van der Waals surface area contributed by atoms with Gasteiger partial charge in [0.15, 0.2) is 11.6 Å². The van der Waals surface area contributed by atoms with Crippen molar-refractivity contribution < 1.29 is 17.9 Å². The molecule has 0 aliphatic heterocycles. The van der Waals surface area contributed by atoms with Gasteiger partial charge in [-0.1, -0.05) is 46.3 Å². The molecule has 28 heavy (non-hydrogen) atoms. The minimum atomic E-state index is -1.00. The number of hydrogen-bond donors (Lipinski definition) is 0. The monoisotopic (exact) mass is 442 g/mol. The zero-order valence-electron chi connectivity index (χ0n) is 14.4. The molecule has 4 rings (SSSR count). The Hall–Kier alpha value is -2.99. The highest BCUT2D eigenvalue weighted by atomic mass is 79.9. The maximum atomic E-state index is 13.4. The molecule has 0 aliphatic carbocycles. The summed E-state index contributed by atoms with van der Waals surface area (Å²) < 4.78 is 37.3. The zero-order valence-corrected chi connectivity index (χ0v) is 16.0. The lowest BCUT2D eigenvalue weighted by atomic mass is 10.0. The third-order valence-electron chi connectivity index (χ3n) is 4.24. The lowest BCUT2D eigenvalue weighted by Crippen LogP contribution is -2.03. The normalized spacial score (nSPS) is 12.1. The van der Waals surface area contributed by atoms with Crippen LogP contribution in [0.2, 0.25) is 0 Å². The van der Waals surface area contributed by atoms with E-state index in [0.717, 1.165) is 28.6 Å². The summed E-state index contributed by atoms with van der Waals surface area (Å²) in [6.07, 6.45) is 0. The van der Waals surface area contributed by atoms with E-state index >= 15 is 0 Å². The van der Waals surface area contributed by atoms with E-state index in [4.69, 9.17) is 9.15 Å². The summed E-state index contributed by atoms with van der Waals surface area (Å²) >= 11 is 3.65. The van der Waals surface area contributed by atoms with Gasteiger partial charge in [-0.05, 0) is 35.4 Å². The van der Waals surface area contributed by atoms with Gasteiger partial charge >= 0.3 is 5.63 Å². The maximum Gasteiger partial charge on any atom is 0.336 e. The summed E-state index contributed by atoms with van der Waals surface area (Å²) in [4.78, 5) is 11.9. The van der Waals surface area contributed by atoms with Gasteiger partial charge in [0.25, 0.3) is 0 Å². The first kappa shape index (κ1) is 18.4. The van der Waals surface area contributed by atoms with Crippen LogP contribution in [0.1, 0.15) is 16.0 Å². The fraction of sp³-hybridized carbons (Fsp3) is 0.0455. The van der Waals surface area contributed by atoms with Crippen LogP contribution in [0, 0.1) is 11.6 Å². The van der Waals surface area contributed by atoms with E-state index in [-0.39, 0.29) is 10.6 Å². The Labute approximate surface area is 167 Å². The lowest BCUT2D eigenvalue weighted by molar-refractivity contribution is 0.460. The highest BCUT2D eigenvalue weighted by Gasteiger charge is 2.16. The van der Waals surface area contributed by atoms with Gasteiger partial charge < -0.3 is 9.15 Å². The quantitative estimate of drug-likeness (QED) is 0.273. The Balaban J connectivity index is 1.74. The summed E-state index contributed by atoms with van der Waals surface area (Å²) in [5, 5.41) is 0.739. The molecule has 1 aromatic heterocycles. The van der Waals surface area contributed by atoms with Gasteiger partial charge in [-0.15, -0.1) is 0 Å². The lowest BCUT2D eigenvalue weighted by Gasteiger charge is -2.13. The Morgan fingerprint density at radius 2 is 1.57 bits per heavy atom. The second-order valence-electron chi connectivity index (χ2n) is 6.13. The number of fused-ring (bicyclic) bond motifs is 1. The maximum absolute atomic E-state index is 13.4. The van der Waals surface area contributed by atoms with Gasteiger partial charge in [0, 0.05) is 23.6 Å². The van der Waals surface area contributed by atoms with Crippen LogP contribution in [0.3, 0.4) is 0 Å². The second-order valence-corrected chi connectivity index (χ2v) is 7.05. The van der Waals surface area contributed by atoms with Crippen LogP contribution in [-0.2, 0) is 0 Å². The number of ether oxygens (including phenoxy) is 1. The third kappa shape index (κ3) is 3.68. The van der Waals surface area contributed by atoms with Crippen LogP contribution in [-0.4, -0.2) is 0 Å². The smallest absolute Gasteiger partial charge is 0.336 e. The highest BCUT2D eigenvalue weighted by Crippen LogP contribution is 2.36. The van der Waals surface area contributed by atoms with Crippen LogP contribution >= 0.6 is 15.9 Å². The van der Waals surface area contributed by atoms with Crippen LogP contribution < -0.4 is 10.4 Å². The van der Waals surface area contributed by atoms with Crippen molar-refractivity contribution in [3.8, 4) is 11.5 Å². The van der Waals surface area contributed by atoms with E-state index in [2.05, 4.69) is 15.9 Å². The molecule has 0 radical (unpaired) electrons. The molecule has 3 nitrogen and oxygen atoms in total. The fourth-order valence-corrected chi connectivity index (χ4v) is 3.60. The number of halogens is 3. The van der Waals surface area contributed by atoms with Crippen LogP contribution in [0.4, 0.5) is 8.78 Å². The largest absolute Gasteiger partial charge is 0.457 e. The summed E-state index contributed by atoms with van der Waals surface area (Å²) in [7, 11) is 0. The van der Waals surface area contributed by atoms with Gasteiger partial charge in [0.05, 0.1) is 4.83 Å². The molecule has 6 heteroatoms. The summed E-state index contributed by atoms with van der Waals surface area (Å²) in [6.45, 7) is 0. The number of rotatable bonds is 4. The molecule has 1 atom stereocenters. The third-order valence-corrected chi connectivity index (χ3v) is 5.26. The molecular formula is C22H13BrF2O3. The van der Waals surface area contributed by atoms with Crippen molar-refractivity contribution >= 4 is 26.9 Å². The molecule has 0 saturated carbocycles. The number of benzene rings is 3. The van der Waals surface area contributed by atoms with Gasteiger partial charge in [0.1, 0.15) is 17.1 Å². The molecule has 0 spiro atoms. The van der Waals surface area contributed by atoms with Crippen molar-refractivity contribution in [2.75, 3.05) is 0 Å². The Morgan fingerprint density at radius 1 is 0.857 bits per heavy atom. The van der Waals surface area contributed by atoms with Crippen molar-refractivity contribution in [1.82, 2.24) is 0 Å². The van der Waals surface area contributed by atoms with Gasteiger partial charge in [-0.3, -0.25) is 0 Å². The topological polar surface area (TPSA) is 39.4 Å². The molecule has 3 aromatic carbocycles. The molecule has 0 saturated heterocycles. The van der Waals surface area contributed by atoms with E-state index < -0.39 is 17.3 Å². The zero-order chi connectivity index (χ0) is 19.7. The SMILES string of the molecule is O=c1cc(C(Br)c2ccccc2)c2ccc(Oc3ccc(F)c(F)c3)cc2o1. The molecule has 0 amide bonds. The second kappa shape index (κ2) is 7.56. The first-order valence-electron chi connectivity index (χ1n) is 8.41. The van der Waals surface area contributed by atoms with E-state index in [1.54, 1.807) is 18.2 Å². The summed E-state index contributed by atoms with van der Waals surface area (Å²) in [5.74, 6) is -1.48. The van der Waals surface area contributed by atoms with Crippen LogP contribution in [0.5, 0.6) is 11.5 Å². The van der Waals surface area contributed by atoms with Gasteiger partial charge in [-0.2, -0.15) is 0 Å². The first-order valence-corrected chi connectivity index (χ1v) is 9.32. The minimum Gasteiger partial charge on any atom is -0.457 e. The predicted octanol–water partition coefficient (Wildman–Crippen LogP) is 6.35. The van der Waals surface area contributed by atoms with Crippen molar-refractivity contribution in [1.29, 1.82) is 0 Å². The van der Waals surface area contributed by atoms with E-state index in [1.165, 1.54) is 12.1 Å². The Morgan fingerprint density at radius 3 is 2.32 bits per heavy atom. The van der Waals surface area contributed by atoms with Crippen molar-refractivity contribution in [2.45, 2.75) is 4.83 Å². The first-order chi connectivity index (χ1) is 13.5. The molecule has 0 fully saturated rings. The molecule has 0 N–H and O–H groups in total. The highest BCUT2D eigenvalue weighted by molar-refractivity contribution is 9.09. The average Bonchev–Trinajstić information content (AvgIpc) is 2.70. The fourth-order valence-electron chi connectivity index (χ4n) is 2.92. The average molecular weight is 443 g/mol.